The van der Waals surface area contributed by atoms with E-state index >= 15 is 0 Å². The summed E-state index contributed by atoms with van der Waals surface area (Å²) >= 11 is 0. The Bertz CT molecular complexity index is 174. The van der Waals surface area contributed by atoms with Crippen molar-refractivity contribution in [1.29, 1.82) is 0 Å². The minimum atomic E-state index is -4.01. The zero-order chi connectivity index (χ0) is 11.3. The second-order valence-corrected chi connectivity index (χ2v) is 4.21. The van der Waals surface area contributed by atoms with E-state index in [1.807, 2.05) is 11.9 Å². The lowest BCUT2D eigenvalue weighted by atomic mass is 9.97. The van der Waals surface area contributed by atoms with E-state index in [0.29, 0.717) is 5.92 Å². The third-order valence-corrected chi connectivity index (χ3v) is 2.91. The molecule has 1 rings (SSSR count). The smallest absolute Gasteiger partial charge is 0.319 e. The summed E-state index contributed by atoms with van der Waals surface area (Å²) < 4.78 is 35.9. The van der Waals surface area contributed by atoms with Crippen LogP contribution in [-0.4, -0.2) is 44.3 Å². The molecule has 0 aromatic rings. The van der Waals surface area contributed by atoms with Gasteiger partial charge in [0.2, 0.25) is 0 Å². The number of halogens is 3. The van der Waals surface area contributed by atoms with Crippen LogP contribution in [0, 0.1) is 5.92 Å². The van der Waals surface area contributed by atoms with E-state index in [1.54, 1.807) is 0 Å². The maximum Gasteiger partial charge on any atom is 0.390 e. The van der Waals surface area contributed by atoms with Crippen molar-refractivity contribution in [2.45, 2.75) is 25.4 Å². The molecule has 0 atom stereocenters. The van der Waals surface area contributed by atoms with Gasteiger partial charge in [-0.1, -0.05) is 0 Å². The molecule has 0 aromatic carbocycles. The fraction of sp³-hybridized carbons (Fsp3) is 1.00. The topological polar surface area (TPSA) is 15.3 Å². The van der Waals surface area contributed by atoms with Gasteiger partial charge in [-0.3, -0.25) is 0 Å². The molecule has 0 radical (unpaired) electrons. The van der Waals surface area contributed by atoms with Gasteiger partial charge in [0.15, 0.2) is 0 Å². The molecule has 0 spiro atoms. The minimum Gasteiger partial charge on any atom is -0.319 e. The number of hydrogen-bond donors (Lipinski definition) is 1. The van der Waals surface area contributed by atoms with Crippen LogP contribution in [0.25, 0.3) is 0 Å². The highest BCUT2D eigenvalue weighted by atomic mass is 19.4. The lowest BCUT2D eigenvalue weighted by Gasteiger charge is -2.31. The Labute approximate surface area is 88.8 Å². The van der Waals surface area contributed by atoms with Gasteiger partial charge in [-0.25, -0.2) is 0 Å². The molecular formula is C10H19F3N2. The minimum absolute atomic E-state index is 0.162. The number of nitrogens with zero attached hydrogens (tertiary/aromatic N) is 1. The van der Waals surface area contributed by atoms with E-state index in [-0.39, 0.29) is 6.54 Å². The predicted octanol–water partition coefficient (Wildman–Crippen LogP) is 1.87. The molecular weight excluding hydrogens is 205 g/mol. The van der Waals surface area contributed by atoms with E-state index in [2.05, 4.69) is 5.32 Å². The fourth-order valence-corrected chi connectivity index (χ4v) is 1.99. The average molecular weight is 224 g/mol. The van der Waals surface area contributed by atoms with E-state index in [0.717, 1.165) is 32.5 Å². The Kier molecular flexibility index (Phi) is 4.86. The van der Waals surface area contributed by atoms with Gasteiger partial charge in [0.1, 0.15) is 0 Å². The van der Waals surface area contributed by atoms with Gasteiger partial charge in [0.25, 0.3) is 0 Å². The number of likely N-dealkylation sites (tertiary alicyclic amines) is 1. The summed E-state index contributed by atoms with van der Waals surface area (Å²) in [6.07, 6.45) is -2.66. The van der Waals surface area contributed by atoms with E-state index in [9.17, 15) is 13.2 Å². The Morgan fingerprint density at radius 2 is 1.87 bits per heavy atom. The standard InChI is InChI=1S/C10H19F3N2/c1-14-8-9-2-5-15(6-3-9)7-4-10(11,12)13/h9,14H,2-8H2,1H3. The van der Waals surface area contributed by atoms with Crippen LogP contribution in [0.1, 0.15) is 19.3 Å². The number of hydrogen-bond acceptors (Lipinski definition) is 2. The normalized spacial score (nSPS) is 20.8. The number of nitrogens with one attached hydrogen (secondary N) is 1. The fourth-order valence-electron chi connectivity index (χ4n) is 1.99. The van der Waals surface area contributed by atoms with Crippen LogP contribution in [0.5, 0.6) is 0 Å². The molecule has 0 aromatic heterocycles. The zero-order valence-electron chi connectivity index (χ0n) is 9.11. The molecule has 0 amide bonds. The quantitative estimate of drug-likeness (QED) is 0.784. The van der Waals surface area contributed by atoms with Crippen molar-refractivity contribution in [3.8, 4) is 0 Å². The summed E-state index contributed by atoms with van der Waals surface area (Å²) in [5.74, 6) is 0.636. The predicted molar refractivity (Wildman–Crippen MR) is 53.8 cm³/mol. The SMILES string of the molecule is CNCC1CCN(CCC(F)(F)F)CC1. The number of alkyl halides is 3. The summed E-state index contributed by atoms with van der Waals surface area (Å²) in [6.45, 7) is 2.76. The molecule has 1 fully saturated rings. The van der Waals surface area contributed by atoms with Crippen LogP contribution in [0.4, 0.5) is 13.2 Å². The van der Waals surface area contributed by atoms with E-state index < -0.39 is 12.6 Å². The zero-order valence-corrected chi connectivity index (χ0v) is 9.11. The van der Waals surface area contributed by atoms with Crippen LogP contribution >= 0.6 is 0 Å². The third kappa shape index (κ3) is 5.37. The third-order valence-electron chi connectivity index (χ3n) is 2.91. The maximum absolute atomic E-state index is 12.0. The van der Waals surface area contributed by atoms with Gasteiger partial charge in [0, 0.05) is 6.54 Å². The van der Waals surface area contributed by atoms with Crippen LogP contribution in [0.15, 0.2) is 0 Å². The molecule has 0 saturated carbocycles. The first-order chi connectivity index (χ1) is 7.01. The molecule has 0 aliphatic carbocycles. The molecule has 2 nitrogen and oxygen atoms in total. The molecule has 1 aliphatic rings. The van der Waals surface area contributed by atoms with Gasteiger partial charge in [0.05, 0.1) is 6.42 Å². The van der Waals surface area contributed by atoms with Gasteiger partial charge in [-0.05, 0) is 45.4 Å². The Hall–Kier alpha value is -0.290. The highest BCUT2D eigenvalue weighted by molar-refractivity contribution is 4.73. The van der Waals surface area contributed by atoms with Crippen molar-refractivity contribution in [2.24, 2.45) is 5.92 Å². The molecule has 1 aliphatic heterocycles. The molecule has 1 heterocycles. The summed E-state index contributed by atoms with van der Waals surface area (Å²) in [6, 6.07) is 0. The van der Waals surface area contributed by atoms with E-state index in [1.165, 1.54) is 0 Å². The van der Waals surface area contributed by atoms with Gasteiger partial charge >= 0.3 is 6.18 Å². The second-order valence-electron chi connectivity index (χ2n) is 4.21. The number of rotatable bonds is 4. The van der Waals surface area contributed by atoms with Crippen LogP contribution in [0.2, 0.25) is 0 Å². The average Bonchev–Trinajstić information content (AvgIpc) is 2.16. The first-order valence-corrected chi connectivity index (χ1v) is 5.45. The lowest BCUT2D eigenvalue weighted by Crippen LogP contribution is -2.38. The van der Waals surface area contributed by atoms with Crippen molar-refractivity contribution in [3.63, 3.8) is 0 Å². The van der Waals surface area contributed by atoms with Crippen molar-refractivity contribution in [1.82, 2.24) is 10.2 Å². The van der Waals surface area contributed by atoms with Crippen molar-refractivity contribution >= 4 is 0 Å². The molecule has 5 heteroatoms. The summed E-state index contributed by atoms with van der Waals surface area (Å²) in [5.41, 5.74) is 0. The monoisotopic (exact) mass is 224 g/mol. The Morgan fingerprint density at radius 3 is 2.33 bits per heavy atom. The summed E-state index contributed by atoms with van der Waals surface area (Å²) in [4.78, 5) is 1.92. The largest absolute Gasteiger partial charge is 0.390 e. The van der Waals surface area contributed by atoms with Crippen molar-refractivity contribution < 1.29 is 13.2 Å². The van der Waals surface area contributed by atoms with Crippen molar-refractivity contribution in [2.75, 3.05) is 33.2 Å². The van der Waals surface area contributed by atoms with Crippen LogP contribution < -0.4 is 5.32 Å². The van der Waals surface area contributed by atoms with Crippen LogP contribution in [0.3, 0.4) is 0 Å². The van der Waals surface area contributed by atoms with E-state index in [4.69, 9.17) is 0 Å². The first kappa shape index (κ1) is 12.8. The van der Waals surface area contributed by atoms with Crippen molar-refractivity contribution in [3.05, 3.63) is 0 Å². The second kappa shape index (κ2) is 5.70. The van der Waals surface area contributed by atoms with Gasteiger partial charge < -0.3 is 10.2 Å². The molecule has 0 unspecified atom stereocenters. The maximum atomic E-state index is 12.0. The molecule has 1 N–H and O–H groups in total. The lowest BCUT2D eigenvalue weighted by molar-refractivity contribution is -0.138. The summed E-state index contributed by atoms with van der Waals surface area (Å²) in [7, 11) is 1.91. The Morgan fingerprint density at radius 1 is 1.27 bits per heavy atom. The first-order valence-electron chi connectivity index (χ1n) is 5.45. The van der Waals surface area contributed by atoms with Gasteiger partial charge in [-0.15, -0.1) is 0 Å². The molecule has 15 heavy (non-hydrogen) atoms. The Balaban J connectivity index is 2.15. The molecule has 90 valence electrons. The van der Waals surface area contributed by atoms with Gasteiger partial charge in [-0.2, -0.15) is 13.2 Å². The summed E-state index contributed by atoms with van der Waals surface area (Å²) in [5, 5.41) is 3.11. The van der Waals surface area contributed by atoms with Crippen LogP contribution in [-0.2, 0) is 0 Å². The highest BCUT2D eigenvalue weighted by Crippen LogP contribution is 2.22. The highest BCUT2D eigenvalue weighted by Gasteiger charge is 2.28. The molecule has 1 saturated heterocycles. The molecule has 0 bridgehead atoms. The number of piperidine rings is 1.